The first-order valence-corrected chi connectivity index (χ1v) is 7.04. The normalized spacial score (nSPS) is 11.2. The second kappa shape index (κ2) is 6.91. The van der Waals surface area contributed by atoms with Gasteiger partial charge in [0, 0.05) is 5.54 Å². The standard InChI is InChI=1S/C14H21BrN2O2/c1-14(2,3)17-12(18)9-19-13-10(7-8-16)5-4-6-11(13)15/h4-6H,7-9,16H2,1-3H3,(H,17,18). The van der Waals surface area contributed by atoms with E-state index < -0.39 is 0 Å². The van der Waals surface area contributed by atoms with E-state index >= 15 is 0 Å². The maximum absolute atomic E-state index is 11.7. The number of rotatable bonds is 5. The number of hydrogen-bond donors (Lipinski definition) is 2. The van der Waals surface area contributed by atoms with Gasteiger partial charge in [-0.3, -0.25) is 4.79 Å². The first-order chi connectivity index (χ1) is 8.83. The van der Waals surface area contributed by atoms with E-state index in [9.17, 15) is 4.79 Å². The lowest BCUT2D eigenvalue weighted by atomic mass is 10.1. The highest BCUT2D eigenvalue weighted by molar-refractivity contribution is 9.10. The van der Waals surface area contributed by atoms with Crippen LogP contribution in [0.5, 0.6) is 5.75 Å². The van der Waals surface area contributed by atoms with Gasteiger partial charge in [-0.1, -0.05) is 12.1 Å². The summed E-state index contributed by atoms with van der Waals surface area (Å²) in [6.07, 6.45) is 0.718. The molecule has 0 aromatic heterocycles. The zero-order chi connectivity index (χ0) is 14.5. The topological polar surface area (TPSA) is 64.3 Å². The smallest absolute Gasteiger partial charge is 0.258 e. The summed E-state index contributed by atoms with van der Waals surface area (Å²) in [5.74, 6) is 0.555. The van der Waals surface area contributed by atoms with Crippen molar-refractivity contribution in [2.45, 2.75) is 32.7 Å². The Morgan fingerprint density at radius 1 is 1.42 bits per heavy atom. The number of carbonyl (C=O) groups is 1. The molecule has 0 atom stereocenters. The SMILES string of the molecule is CC(C)(C)NC(=O)COc1c(Br)cccc1CCN. The second-order valence-corrected chi connectivity index (χ2v) is 6.21. The van der Waals surface area contributed by atoms with E-state index in [0.29, 0.717) is 12.3 Å². The zero-order valence-electron chi connectivity index (χ0n) is 11.6. The Labute approximate surface area is 122 Å². The molecule has 1 amide bonds. The summed E-state index contributed by atoms with van der Waals surface area (Å²) >= 11 is 3.43. The number of nitrogens with one attached hydrogen (secondary N) is 1. The number of hydrogen-bond acceptors (Lipinski definition) is 3. The quantitative estimate of drug-likeness (QED) is 0.871. The molecule has 19 heavy (non-hydrogen) atoms. The Kier molecular flexibility index (Phi) is 5.82. The summed E-state index contributed by atoms with van der Waals surface area (Å²) in [4.78, 5) is 11.7. The molecule has 1 aromatic rings. The van der Waals surface area contributed by atoms with Crippen LogP contribution in [0.2, 0.25) is 0 Å². The molecule has 3 N–H and O–H groups in total. The molecule has 0 saturated heterocycles. The molecule has 0 fully saturated rings. The highest BCUT2D eigenvalue weighted by Gasteiger charge is 2.15. The number of ether oxygens (including phenoxy) is 1. The fourth-order valence-corrected chi connectivity index (χ4v) is 2.18. The van der Waals surface area contributed by atoms with Gasteiger partial charge in [0.2, 0.25) is 0 Å². The molecule has 0 aliphatic carbocycles. The molecule has 0 aliphatic rings. The Morgan fingerprint density at radius 2 is 2.11 bits per heavy atom. The minimum Gasteiger partial charge on any atom is -0.482 e. The van der Waals surface area contributed by atoms with E-state index in [1.165, 1.54) is 0 Å². The molecule has 0 aliphatic heterocycles. The van der Waals surface area contributed by atoms with Gasteiger partial charge in [-0.05, 0) is 61.3 Å². The molecule has 0 spiro atoms. The molecule has 106 valence electrons. The summed E-state index contributed by atoms with van der Waals surface area (Å²) in [6, 6.07) is 5.77. The summed E-state index contributed by atoms with van der Waals surface area (Å²) < 4.78 is 6.45. The Hall–Kier alpha value is -1.07. The number of amides is 1. The number of para-hydroxylation sites is 1. The van der Waals surface area contributed by atoms with E-state index in [-0.39, 0.29) is 18.1 Å². The molecule has 0 unspecified atom stereocenters. The number of carbonyl (C=O) groups excluding carboxylic acids is 1. The summed E-state index contributed by atoms with van der Waals surface area (Å²) in [7, 11) is 0. The zero-order valence-corrected chi connectivity index (χ0v) is 13.2. The minimum absolute atomic E-state index is 0.00253. The van der Waals surface area contributed by atoms with Crippen molar-refractivity contribution in [3.8, 4) is 5.75 Å². The number of benzene rings is 1. The van der Waals surface area contributed by atoms with Gasteiger partial charge in [-0.2, -0.15) is 0 Å². The van der Waals surface area contributed by atoms with Gasteiger partial charge in [0.05, 0.1) is 4.47 Å². The van der Waals surface area contributed by atoms with Crippen LogP contribution in [-0.4, -0.2) is 24.6 Å². The van der Waals surface area contributed by atoms with Crippen LogP contribution in [0.3, 0.4) is 0 Å². The Morgan fingerprint density at radius 3 is 2.68 bits per heavy atom. The van der Waals surface area contributed by atoms with Crippen molar-refractivity contribution < 1.29 is 9.53 Å². The van der Waals surface area contributed by atoms with E-state index in [1.54, 1.807) is 0 Å². The number of nitrogens with two attached hydrogens (primary N) is 1. The fourth-order valence-electron chi connectivity index (χ4n) is 1.66. The highest BCUT2D eigenvalue weighted by Crippen LogP contribution is 2.29. The van der Waals surface area contributed by atoms with Crippen molar-refractivity contribution >= 4 is 21.8 Å². The molecule has 0 radical (unpaired) electrons. The van der Waals surface area contributed by atoms with Crippen LogP contribution < -0.4 is 15.8 Å². The molecule has 0 bridgehead atoms. The summed E-state index contributed by atoms with van der Waals surface area (Å²) in [5, 5.41) is 2.86. The molecule has 5 heteroatoms. The monoisotopic (exact) mass is 328 g/mol. The van der Waals surface area contributed by atoms with Crippen molar-refractivity contribution in [1.29, 1.82) is 0 Å². The lowest BCUT2D eigenvalue weighted by Crippen LogP contribution is -2.43. The molecule has 0 heterocycles. The van der Waals surface area contributed by atoms with Crippen LogP contribution in [0.15, 0.2) is 22.7 Å². The van der Waals surface area contributed by atoms with Crippen LogP contribution in [0, 0.1) is 0 Å². The van der Waals surface area contributed by atoms with Crippen molar-refractivity contribution in [3.63, 3.8) is 0 Å². The van der Waals surface area contributed by atoms with Crippen LogP contribution in [0.4, 0.5) is 0 Å². The van der Waals surface area contributed by atoms with Gasteiger partial charge in [-0.25, -0.2) is 0 Å². The highest BCUT2D eigenvalue weighted by atomic mass is 79.9. The third kappa shape index (κ3) is 5.61. The van der Waals surface area contributed by atoms with Crippen LogP contribution in [0.1, 0.15) is 26.3 Å². The first kappa shape index (κ1) is 16.0. The van der Waals surface area contributed by atoms with Crippen molar-refractivity contribution in [2.75, 3.05) is 13.2 Å². The number of halogens is 1. The molecule has 0 saturated carbocycles. The van der Waals surface area contributed by atoms with E-state index in [2.05, 4.69) is 21.2 Å². The van der Waals surface area contributed by atoms with Gasteiger partial charge in [0.25, 0.3) is 5.91 Å². The molecule has 1 rings (SSSR count). The summed E-state index contributed by atoms with van der Waals surface area (Å²) in [6.45, 7) is 6.34. The van der Waals surface area contributed by atoms with Gasteiger partial charge >= 0.3 is 0 Å². The third-order valence-corrected chi connectivity index (χ3v) is 2.95. The van der Waals surface area contributed by atoms with Gasteiger partial charge in [0.15, 0.2) is 6.61 Å². The maximum Gasteiger partial charge on any atom is 0.258 e. The lowest BCUT2D eigenvalue weighted by molar-refractivity contribution is -0.124. The summed E-state index contributed by atoms with van der Waals surface area (Å²) in [5.41, 5.74) is 6.31. The van der Waals surface area contributed by atoms with Crippen molar-refractivity contribution in [1.82, 2.24) is 5.32 Å². The average Bonchev–Trinajstić information content (AvgIpc) is 2.26. The van der Waals surface area contributed by atoms with Crippen LogP contribution in [0.25, 0.3) is 0 Å². The largest absolute Gasteiger partial charge is 0.482 e. The molecule has 1 aromatic carbocycles. The molecular weight excluding hydrogens is 308 g/mol. The van der Waals surface area contributed by atoms with Crippen LogP contribution in [-0.2, 0) is 11.2 Å². The Balaban J connectivity index is 2.69. The first-order valence-electron chi connectivity index (χ1n) is 6.25. The molecule has 4 nitrogen and oxygen atoms in total. The lowest BCUT2D eigenvalue weighted by Gasteiger charge is -2.21. The minimum atomic E-state index is -0.256. The average molecular weight is 329 g/mol. The Bertz CT molecular complexity index is 442. The van der Waals surface area contributed by atoms with Crippen LogP contribution >= 0.6 is 15.9 Å². The predicted molar refractivity (Wildman–Crippen MR) is 80.3 cm³/mol. The van der Waals surface area contributed by atoms with Gasteiger partial charge in [-0.15, -0.1) is 0 Å². The predicted octanol–water partition coefficient (Wildman–Crippen LogP) is 2.24. The second-order valence-electron chi connectivity index (χ2n) is 5.35. The van der Waals surface area contributed by atoms with E-state index in [4.69, 9.17) is 10.5 Å². The van der Waals surface area contributed by atoms with Crippen molar-refractivity contribution in [2.24, 2.45) is 5.73 Å². The third-order valence-electron chi connectivity index (χ3n) is 2.32. The van der Waals surface area contributed by atoms with Crippen molar-refractivity contribution in [3.05, 3.63) is 28.2 Å². The van der Waals surface area contributed by atoms with Gasteiger partial charge in [0.1, 0.15) is 5.75 Å². The molecular formula is C14H21BrN2O2. The maximum atomic E-state index is 11.7. The van der Waals surface area contributed by atoms with E-state index in [1.807, 2.05) is 39.0 Å². The van der Waals surface area contributed by atoms with E-state index in [0.717, 1.165) is 16.5 Å². The van der Waals surface area contributed by atoms with Gasteiger partial charge < -0.3 is 15.8 Å². The fraction of sp³-hybridized carbons (Fsp3) is 0.500.